The van der Waals surface area contributed by atoms with Gasteiger partial charge in [-0.05, 0) is 44.9 Å². The molecular weight excluding hydrogens is 482 g/mol. The zero-order chi connectivity index (χ0) is 26.1. The van der Waals surface area contributed by atoms with E-state index in [1.54, 1.807) is 20.8 Å². The van der Waals surface area contributed by atoms with Gasteiger partial charge in [0.15, 0.2) is 11.6 Å². The lowest BCUT2D eigenvalue weighted by Gasteiger charge is -2.40. The molecule has 2 amide bonds. The third-order valence-corrected chi connectivity index (χ3v) is 5.22. The molecule has 35 heavy (non-hydrogen) atoms. The van der Waals surface area contributed by atoms with Gasteiger partial charge in [0.1, 0.15) is 17.1 Å². The zero-order valence-corrected chi connectivity index (χ0v) is 19.1. The van der Waals surface area contributed by atoms with E-state index < -0.39 is 59.0 Å². The van der Waals surface area contributed by atoms with E-state index in [9.17, 15) is 35.9 Å². The van der Waals surface area contributed by atoms with Crippen molar-refractivity contribution in [2.24, 2.45) is 0 Å². The Balaban J connectivity index is 1.69. The van der Waals surface area contributed by atoms with Crippen molar-refractivity contribution in [3.8, 4) is 0 Å². The number of likely N-dealkylation sites (tertiary alicyclic amines) is 1. The Hall–Kier alpha value is -3.25. The Labute approximate surface area is 197 Å². The first-order valence-electron chi connectivity index (χ1n) is 10.7. The van der Waals surface area contributed by atoms with E-state index in [0.29, 0.717) is 12.1 Å². The molecule has 0 aliphatic carbocycles. The SMILES string of the molecule is CC(C)(C)OC(=O)N[C@@H](CC(=O)N1CC(n2nccc2C(F)(F)F)C1)Cc1cc(F)c(F)cc1F. The van der Waals surface area contributed by atoms with Gasteiger partial charge in [-0.1, -0.05) is 0 Å². The summed E-state index contributed by atoms with van der Waals surface area (Å²) in [5, 5.41) is 6.12. The van der Waals surface area contributed by atoms with E-state index in [1.165, 1.54) is 4.90 Å². The number of nitrogens with zero attached hydrogens (tertiary/aromatic N) is 3. The van der Waals surface area contributed by atoms with Gasteiger partial charge in [-0.3, -0.25) is 9.48 Å². The average molecular weight is 506 g/mol. The molecule has 0 saturated carbocycles. The predicted molar refractivity (Wildman–Crippen MR) is 111 cm³/mol. The fourth-order valence-corrected chi connectivity index (χ4v) is 3.62. The Bertz CT molecular complexity index is 1090. The smallest absolute Gasteiger partial charge is 0.433 e. The minimum atomic E-state index is -4.60. The van der Waals surface area contributed by atoms with E-state index in [-0.39, 0.29) is 31.5 Å². The first kappa shape index (κ1) is 26.4. The van der Waals surface area contributed by atoms with Gasteiger partial charge in [0.25, 0.3) is 0 Å². The van der Waals surface area contributed by atoms with Gasteiger partial charge in [-0.2, -0.15) is 18.3 Å². The summed E-state index contributed by atoms with van der Waals surface area (Å²) in [5.74, 6) is -4.28. The molecule has 1 aromatic heterocycles. The monoisotopic (exact) mass is 506 g/mol. The lowest BCUT2D eigenvalue weighted by molar-refractivity contribution is -0.148. The van der Waals surface area contributed by atoms with E-state index in [0.717, 1.165) is 16.9 Å². The van der Waals surface area contributed by atoms with Crippen LogP contribution in [0.25, 0.3) is 0 Å². The van der Waals surface area contributed by atoms with Crippen LogP contribution in [0.4, 0.5) is 31.1 Å². The molecule has 0 bridgehead atoms. The largest absolute Gasteiger partial charge is 0.444 e. The second-order valence-electron chi connectivity index (χ2n) is 9.22. The third kappa shape index (κ3) is 6.67. The highest BCUT2D eigenvalue weighted by molar-refractivity contribution is 5.79. The molecule has 3 rings (SSSR count). The molecule has 0 unspecified atom stereocenters. The fraction of sp³-hybridized carbons (Fsp3) is 0.500. The zero-order valence-electron chi connectivity index (χ0n) is 19.1. The van der Waals surface area contributed by atoms with Gasteiger partial charge in [0.2, 0.25) is 5.91 Å². The van der Waals surface area contributed by atoms with Crippen LogP contribution < -0.4 is 5.32 Å². The molecule has 1 fully saturated rings. The minimum absolute atomic E-state index is 0.0533. The summed E-state index contributed by atoms with van der Waals surface area (Å²) in [6.07, 6.45) is -5.23. The number of carbonyl (C=O) groups is 2. The Morgan fingerprint density at radius 2 is 1.74 bits per heavy atom. The van der Waals surface area contributed by atoms with Crippen molar-refractivity contribution in [3.63, 3.8) is 0 Å². The summed E-state index contributed by atoms with van der Waals surface area (Å²) in [4.78, 5) is 26.2. The molecule has 0 spiro atoms. The maximum absolute atomic E-state index is 14.2. The number of hydrogen-bond donors (Lipinski definition) is 1. The summed E-state index contributed by atoms with van der Waals surface area (Å²) in [6, 6.07) is 0.0772. The third-order valence-electron chi connectivity index (χ3n) is 5.22. The molecule has 192 valence electrons. The molecule has 1 N–H and O–H groups in total. The molecule has 2 aromatic rings. The molecule has 0 radical (unpaired) electrons. The molecule has 7 nitrogen and oxygen atoms in total. The summed E-state index contributed by atoms with van der Waals surface area (Å²) < 4.78 is 86.3. The summed E-state index contributed by atoms with van der Waals surface area (Å²) in [7, 11) is 0. The Morgan fingerprint density at radius 1 is 1.11 bits per heavy atom. The highest BCUT2D eigenvalue weighted by Gasteiger charge is 2.41. The number of rotatable bonds is 6. The molecular formula is C22H24F6N4O3. The average Bonchev–Trinajstić information content (AvgIpc) is 3.13. The van der Waals surface area contributed by atoms with Crippen molar-refractivity contribution in [3.05, 3.63) is 53.1 Å². The van der Waals surface area contributed by atoms with Crippen molar-refractivity contribution < 1.29 is 40.7 Å². The first-order valence-corrected chi connectivity index (χ1v) is 10.7. The van der Waals surface area contributed by atoms with Gasteiger partial charge in [-0.25, -0.2) is 18.0 Å². The lowest BCUT2D eigenvalue weighted by Crippen LogP contribution is -2.53. The Kier molecular flexibility index (Phi) is 7.37. The van der Waals surface area contributed by atoms with Crippen LogP contribution in [-0.2, 0) is 22.1 Å². The van der Waals surface area contributed by atoms with Crippen LogP contribution in [0.2, 0.25) is 0 Å². The van der Waals surface area contributed by atoms with Crippen LogP contribution in [0.3, 0.4) is 0 Å². The van der Waals surface area contributed by atoms with Gasteiger partial charge < -0.3 is 15.0 Å². The van der Waals surface area contributed by atoms with Gasteiger partial charge in [0, 0.05) is 37.8 Å². The Morgan fingerprint density at radius 3 is 2.34 bits per heavy atom. The van der Waals surface area contributed by atoms with E-state index in [2.05, 4.69) is 10.4 Å². The second kappa shape index (κ2) is 9.78. The minimum Gasteiger partial charge on any atom is -0.444 e. The van der Waals surface area contributed by atoms with Crippen LogP contribution in [0.15, 0.2) is 24.4 Å². The first-order chi connectivity index (χ1) is 16.1. The summed E-state index contributed by atoms with van der Waals surface area (Å²) in [5.41, 5.74) is -2.09. The highest BCUT2D eigenvalue weighted by Crippen LogP contribution is 2.33. The predicted octanol–water partition coefficient (Wildman–Crippen LogP) is 4.23. The molecule has 1 saturated heterocycles. The number of aromatic nitrogens is 2. The standard InChI is InChI=1S/C22H24F6N4O3/c1-21(2,3)35-20(34)30-13(6-12-7-16(24)17(25)9-15(12)23)8-19(33)31-10-14(11-31)32-18(4-5-29-32)22(26,27)28/h4-5,7,9,13-14H,6,8,10-11H2,1-3H3,(H,30,34)/t13-/m1/s1. The quantitative estimate of drug-likeness (QED) is 0.470. The van der Waals surface area contributed by atoms with Crippen molar-refractivity contribution in [2.45, 2.75) is 57.5 Å². The summed E-state index contributed by atoms with van der Waals surface area (Å²) >= 11 is 0. The number of alkyl carbamates (subject to hydrolysis) is 1. The molecule has 1 aliphatic rings. The number of carbonyl (C=O) groups excluding carboxylic acids is 2. The number of nitrogens with one attached hydrogen (secondary N) is 1. The normalized spacial score (nSPS) is 15.5. The molecule has 2 heterocycles. The van der Waals surface area contributed by atoms with Gasteiger partial charge in [0.05, 0.1) is 6.04 Å². The maximum Gasteiger partial charge on any atom is 0.433 e. The maximum atomic E-state index is 14.2. The van der Waals surface area contributed by atoms with Gasteiger partial charge in [-0.15, -0.1) is 0 Å². The second-order valence-corrected chi connectivity index (χ2v) is 9.22. The number of hydrogen-bond acceptors (Lipinski definition) is 4. The van der Waals surface area contributed by atoms with E-state index in [1.807, 2.05) is 0 Å². The number of benzene rings is 1. The number of alkyl halides is 3. The molecule has 1 aliphatic heterocycles. The topological polar surface area (TPSA) is 76.5 Å². The molecule has 1 atom stereocenters. The fourth-order valence-electron chi connectivity index (χ4n) is 3.62. The lowest BCUT2D eigenvalue weighted by atomic mass is 10.00. The van der Waals surface area contributed by atoms with Crippen LogP contribution in [0.5, 0.6) is 0 Å². The molecule has 13 heteroatoms. The van der Waals surface area contributed by atoms with Crippen LogP contribution >= 0.6 is 0 Å². The van der Waals surface area contributed by atoms with E-state index >= 15 is 0 Å². The van der Waals surface area contributed by atoms with Crippen LogP contribution in [-0.4, -0.2) is 51.4 Å². The number of amides is 2. The van der Waals surface area contributed by atoms with Crippen molar-refractivity contribution in [1.29, 1.82) is 0 Å². The van der Waals surface area contributed by atoms with Crippen molar-refractivity contribution in [2.75, 3.05) is 13.1 Å². The number of ether oxygens (including phenoxy) is 1. The highest BCUT2D eigenvalue weighted by atomic mass is 19.4. The van der Waals surface area contributed by atoms with Crippen LogP contribution in [0.1, 0.15) is 44.5 Å². The summed E-state index contributed by atoms with van der Waals surface area (Å²) in [6.45, 7) is 4.70. The van der Waals surface area contributed by atoms with E-state index in [4.69, 9.17) is 4.74 Å². The van der Waals surface area contributed by atoms with Crippen molar-refractivity contribution >= 4 is 12.0 Å². The molecule has 1 aromatic carbocycles. The van der Waals surface area contributed by atoms with Crippen molar-refractivity contribution in [1.82, 2.24) is 20.0 Å². The number of halogens is 6. The van der Waals surface area contributed by atoms with Gasteiger partial charge >= 0.3 is 12.3 Å². The van der Waals surface area contributed by atoms with Crippen LogP contribution in [0, 0.1) is 17.5 Å².